The summed E-state index contributed by atoms with van der Waals surface area (Å²) in [5.74, 6) is 0.651. The zero-order valence-corrected chi connectivity index (χ0v) is 13.3. The SMILES string of the molecule is Nc1ccc(-n2ccc(OCc3ccc(Cl)cc3)cc2=O)c(=O)[nH]1. The van der Waals surface area contributed by atoms with Gasteiger partial charge in [0.15, 0.2) is 0 Å². The Balaban J connectivity index is 1.81. The van der Waals surface area contributed by atoms with Crippen molar-refractivity contribution in [3.63, 3.8) is 0 Å². The number of nitrogen functional groups attached to an aromatic ring is 1. The zero-order valence-electron chi connectivity index (χ0n) is 12.5. The van der Waals surface area contributed by atoms with Crippen molar-refractivity contribution in [1.29, 1.82) is 0 Å². The first-order valence-electron chi connectivity index (χ1n) is 7.12. The molecule has 6 nitrogen and oxygen atoms in total. The highest BCUT2D eigenvalue weighted by molar-refractivity contribution is 6.30. The molecule has 0 radical (unpaired) electrons. The predicted octanol–water partition coefficient (Wildman–Crippen LogP) is 2.34. The summed E-state index contributed by atoms with van der Waals surface area (Å²) >= 11 is 5.83. The van der Waals surface area contributed by atoms with E-state index in [1.165, 1.54) is 29.0 Å². The van der Waals surface area contributed by atoms with E-state index in [0.717, 1.165) is 5.56 Å². The maximum absolute atomic E-state index is 12.2. The molecule has 0 atom stereocenters. The predicted molar refractivity (Wildman–Crippen MR) is 92.9 cm³/mol. The van der Waals surface area contributed by atoms with Crippen LogP contribution in [0.15, 0.2) is 64.3 Å². The van der Waals surface area contributed by atoms with Gasteiger partial charge in [-0.15, -0.1) is 0 Å². The number of aromatic amines is 1. The first-order valence-corrected chi connectivity index (χ1v) is 7.50. The van der Waals surface area contributed by atoms with E-state index in [1.807, 2.05) is 12.1 Å². The summed E-state index contributed by atoms with van der Waals surface area (Å²) in [4.78, 5) is 26.5. The van der Waals surface area contributed by atoms with Crippen molar-refractivity contribution in [3.05, 3.63) is 86.0 Å². The molecule has 0 spiro atoms. The minimum absolute atomic E-state index is 0.193. The highest BCUT2D eigenvalue weighted by atomic mass is 35.5. The summed E-state index contributed by atoms with van der Waals surface area (Å²) in [7, 11) is 0. The van der Waals surface area contributed by atoms with Crippen LogP contribution in [0.1, 0.15) is 5.56 Å². The Hall–Kier alpha value is -2.99. The summed E-state index contributed by atoms with van der Waals surface area (Å²) in [6.45, 7) is 0.309. The Bertz CT molecular complexity index is 977. The van der Waals surface area contributed by atoms with E-state index in [-0.39, 0.29) is 17.1 Å². The van der Waals surface area contributed by atoms with Gasteiger partial charge in [-0.1, -0.05) is 23.7 Å². The molecule has 0 amide bonds. The van der Waals surface area contributed by atoms with Crippen molar-refractivity contribution in [2.24, 2.45) is 0 Å². The third kappa shape index (κ3) is 3.49. The second-order valence-corrected chi connectivity index (χ2v) is 5.55. The fraction of sp³-hybridized carbons (Fsp3) is 0.0588. The molecular weight excluding hydrogens is 330 g/mol. The topological polar surface area (TPSA) is 90.1 Å². The van der Waals surface area contributed by atoms with Gasteiger partial charge in [-0.3, -0.25) is 14.2 Å². The Morgan fingerprint density at radius 2 is 1.83 bits per heavy atom. The Morgan fingerprint density at radius 1 is 1.08 bits per heavy atom. The van der Waals surface area contributed by atoms with E-state index in [0.29, 0.717) is 17.4 Å². The molecule has 3 aromatic rings. The average Bonchev–Trinajstić information content (AvgIpc) is 2.55. The number of nitrogens with two attached hydrogens (primary N) is 1. The molecule has 122 valence electrons. The summed E-state index contributed by atoms with van der Waals surface area (Å²) in [6, 6.07) is 13.2. The van der Waals surface area contributed by atoms with Crippen molar-refractivity contribution in [1.82, 2.24) is 9.55 Å². The second-order valence-electron chi connectivity index (χ2n) is 5.11. The van der Waals surface area contributed by atoms with E-state index in [4.69, 9.17) is 22.1 Å². The second kappa shape index (κ2) is 6.64. The standard InChI is InChI=1S/C17H14ClN3O3/c18-12-3-1-11(2-4-12)10-24-13-7-8-21(16(22)9-13)14-5-6-15(19)20-17(14)23/h1-9H,10H2,(H3,19,20,23). The maximum Gasteiger partial charge on any atom is 0.273 e. The quantitative estimate of drug-likeness (QED) is 0.760. The van der Waals surface area contributed by atoms with Crippen molar-refractivity contribution in [3.8, 4) is 11.4 Å². The van der Waals surface area contributed by atoms with Gasteiger partial charge in [-0.2, -0.15) is 0 Å². The minimum atomic E-state index is -0.438. The van der Waals surface area contributed by atoms with Crippen LogP contribution in [0.4, 0.5) is 5.82 Å². The molecule has 0 unspecified atom stereocenters. The van der Waals surface area contributed by atoms with Gasteiger partial charge in [0.1, 0.15) is 23.9 Å². The molecule has 0 aliphatic rings. The number of nitrogens with one attached hydrogen (secondary N) is 1. The molecular formula is C17H14ClN3O3. The molecule has 2 aromatic heterocycles. The maximum atomic E-state index is 12.2. The lowest BCUT2D eigenvalue weighted by Crippen LogP contribution is -2.24. The number of rotatable bonds is 4. The lowest BCUT2D eigenvalue weighted by atomic mass is 10.2. The van der Waals surface area contributed by atoms with Crippen LogP contribution in [-0.2, 0) is 6.61 Å². The van der Waals surface area contributed by atoms with Crippen molar-refractivity contribution in [2.45, 2.75) is 6.61 Å². The normalized spacial score (nSPS) is 10.5. The third-order valence-electron chi connectivity index (χ3n) is 3.38. The summed E-state index contributed by atoms with van der Waals surface area (Å²) in [5, 5.41) is 0.648. The first kappa shape index (κ1) is 15.9. The molecule has 0 aliphatic carbocycles. The van der Waals surface area contributed by atoms with Crippen LogP contribution < -0.4 is 21.6 Å². The molecule has 3 rings (SSSR count). The molecule has 3 N–H and O–H groups in total. The first-order chi connectivity index (χ1) is 11.5. The van der Waals surface area contributed by atoms with E-state index in [2.05, 4.69) is 4.98 Å². The van der Waals surface area contributed by atoms with Crippen molar-refractivity contribution >= 4 is 17.4 Å². The van der Waals surface area contributed by atoms with E-state index < -0.39 is 5.56 Å². The number of H-pyrrole nitrogens is 1. The van der Waals surface area contributed by atoms with Crippen molar-refractivity contribution in [2.75, 3.05) is 5.73 Å². The lowest BCUT2D eigenvalue weighted by Gasteiger charge is -2.09. The van der Waals surface area contributed by atoms with Crippen LogP contribution in [0.3, 0.4) is 0 Å². The van der Waals surface area contributed by atoms with Crippen LogP contribution in [0, 0.1) is 0 Å². The molecule has 0 aliphatic heterocycles. The Labute approximate surface area is 142 Å². The summed E-state index contributed by atoms with van der Waals surface area (Å²) < 4.78 is 6.82. The monoisotopic (exact) mass is 343 g/mol. The van der Waals surface area contributed by atoms with Gasteiger partial charge in [0.25, 0.3) is 11.1 Å². The Morgan fingerprint density at radius 3 is 2.50 bits per heavy atom. The van der Waals surface area contributed by atoms with Crippen LogP contribution >= 0.6 is 11.6 Å². The molecule has 24 heavy (non-hydrogen) atoms. The largest absolute Gasteiger partial charge is 0.489 e. The number of anilines is 1. The van der Waals surface area contributed by atoms with Crippen LogP contribution in [0.5, 0.6) is 5.75 Å². The van der Waals surface area contributed by atoms with Gasteiger partial charge in [0.05, 0.1) is 0 Å². The number of nitrogens with zero attached hydrogens (tertiary/aromatic N) is 1. The molecule has 0 saturated carbocycles. The third-order valence-corrected chi connectivity index (χ3v) is 3.63. The van der Waals surface area contributed by atoms with Gasteiger partial charge in [-0.25, -0.2) is 0 Å². The fourth-order valence-electron chi connectivity index (χ4n) is 2.17. The minimum Gasteiger partial charge on any atom is -0.489 e. The summed E-state index contributed by atoms with van der Waals surface area (Å²) in [5.41, 5.74) is 5.81. The molecule has 0 saturated heterocycles. The van der Waals surface area contributed by atoms with Gasteiger partial charge in [0.2, 0.25) is 0 Å². The van der Waals surface area contributed by atoms with Gasteiger partial charge in [0, 0.05) is 17.3 Å². The number of hydrogen-bond donors (Lipinski definition) is 2. The number of pyridine rings is 2. The molecule has 0 bridgehead atoms. The van der Waals surface area contributed by atoms with E-state index in [1.54, 1.807) is 18.2 Å². The van der Waals surface area contributed by atoms with E-state index >= 15 is 0 Å². The highest BCUT2D eigenvalue weighted by Crippen LogP contribution is 2.13. The van der Waals surface area contributed by atoms with Crippen molar-refractivity contribution < 1.29 is 4.74 Å². The number of aromatic nitrogens is 2. The number of halogens is 1. The van der Waals surface area contributed by atoms with Crippen LogP contribution in [-0.4, -0.2) is 9.55 Å². The van der Waals surface area contributed by atoms with Gasteiger partial charge < -0.3 is 15.5 Å². The average molecular weight is 344 g/mol. The smallest absolute Gasteiger partial charge is 0.273 e. The molecule has 2 heterocycles. The fourth-order valence-corrected chi connectivity index (χ4v) is 2.29. The number of benzene rings is 1. The van der Waals surface area contributed by atoms with Crippen LogP contribution in [0.2, 0.25) is 5.02 Å². The molecule has 7 heteroatoms. The number of ether oxygens (including phenoxy) is 1. The lowest BCUT2D eigenvalue weighted by molar-refractivity contribution is 0.305. The van der Waals surface area contributed by atoms with Gasteiger partial charge in [-0.05, 0) is 35.9 Å². The molecule has 0 fully saturated rings. The van der Waals surface area contributed by atoms with E-state index in [9.17, 15) is 9.59 Å². The Kier molecular flexibility index (Phi) is 4.39. The van der Waals surface area contributed by atoms with Crippen LogP contribution in [0.25, 0.3) is 5.69 Å². The zero-order chi connectivity index (χ0) is 17.1. The highest BCUT2D eigenvalue weighted by Gasteiger charge is 2.06. The number of hydrogen-bond acceptors (Lipinski definition) is 4. The van der Waals surface area contributed by atoms with Gasteiger partial charge >= 0.3 is 0 Å². The summed E-state index contributed by atoms with van der Waals surface area (Å²) in [6.07, 6.45) is 1.49. The molecule has 1 aromatic carbocycles.